The maximum absolute atomic E-state index is 3.87. The predicted molar refractivity (Wildman–Crippen MR) is 78.8 cm³/mol. The topological polar surface area (TPSA) is 12.0 Å². The molecule has 0 aliphatic heterocycles. The highest BCUT2D eigenvalue weighted by Crippen LogP contribution is 2.43. The Morgan fingerprint density at radius 3 is 2.78 bits per heavy atom. The molecule has 1 nitrogen and oxygen atoms in total. The molecule has 0 amide bonds. The Morgan fingerprint density at radius 1 is 1.33 bits per heavy atom. The normalized spacial score (nSPS) is 23.4. The van der Waals surface area contributed by atoms with Gasteiger partial charge in [-0.2, -0.15) is 0 Å². The van der Waals surface area contributed by atoms with Gasteiger partial charge in [-0.3, -0.25) is 0 Å². The standard InChI is InChI=1S/C17H27N/c1-5-8-13(2)18-16-15-10-7-6-9-14(15)11-12-17(16,3)4/h6-7,9-10,13,16,18H,5,8,11-12H2,1-4H3. The van der Waals surface area contributed by atoms with Crippen LogP contribution >= 0.6 is 0 Å². The Balaban J connectivity index is 2.24. The lowest BCUT2D eigenvalue weighted by atomic mass is 9.70. The average molecular weight is 245 g/mol. The van der Waals surface area contributed by atoms with E-state index >= 15 is 0 Å². The third kappa shape index (κ3) is 2.77. The maximum atomic E-state index is 3.87. The zero-order valence-electron chi connectivity index (χ0n) is 12.3. The molecule has 18 heavy (non-hydrogen) atoms. The lowest BCUT2D eigenvalue weighted by Crippen LogP contribution is -2.42. The average Bonchev–Trinajstić information content (AvgIpc) is 2.33. The summed E-state index contributed by atoms with van der Waals surface area (Å²) in [7, 11) is 0. The van der Waals surface area contributed by atoms with Crippen LogP contribution in [0, 0.1) is 5.41 Å². The molecule has 1 heteroatoms. The molecule has 1 N–H and O–H groups in total. The van der Waals surface area contributed by atoms with Crippen molar-refractivity contribution in [2.45, 2.75) is 65.5 Å². The maximum Gasteiger partial charge on any atom is 0.0376 e. The van der Waals surface area contributed by atoms with E-state index in [1.807, 2.05) is 0 Å². The van der Waals surface area contributed by atoms with Crippen LogP contribution in [-0.4, -0.2) is 6.04 Å². The Labute approximate surface area is 112 Å². The van der Waals surface area contributed by atoms with E-state index in [1.54, 1.807) is 0 Å². The molecular weight excluding hydrogens is 218 g/mol. The van der Waals surface area contributed by atoms with Gasteiger partial charge in [0, 0.05) is 12.1 Å². The number of rotatable bonds is 4. The second-order valence-electron chi connectivity index (χ2n) is 6.48. The van der Waals surface area contributed by atoms with E-state index in [-0.39, 0.29) is 0 Å². The highest BCUT2D eigenvalue weighted by molar-refractivity contribution is 5.34. The molecule has 1 aromatic carbocycles. The number of nitrogens with one attached hydrogen (secondary N) is 1. The van der Waals surface area contributed by atoms with Crippen LogP contribution in [0.5, 0.6) is 0 Å². The lowest BCUT2D eigenvalue weighted by Gasteiger charge is -2.42. The fraction of sp³-hybridized carbons (Fsp3) is 0.647. The third-order valence-corrected chi connectivity index (χ3v) is 4.36. The summed E-state index contributed by atoms with van der Waals surface area (Å²) in [6.07, 6.45) is 5.02. The summed E-state index contributed by atoms with van der Waals surface area (Å²) < 4.78 is 0. The SMILES string of the molecule is CCCC(C)NC1c2ccccc2CCC1(C)C. The fourth-order valence-electron chi connectivity index (χ4n) is 3.18. The number of hydrogen-bond acceptors (Lipinski definition) is 1. The second-order valence-corrected chi connectivity index (χ2v) is 6.48. The van der Waals surface area contributed by atoms with Gasteiger partial charge >= 0.3 is 0 Å². The summed E-state index contributed by atoms with van der Waals surface area (Å²) in [5, 5.41) is 3.87. The molecule has 100 valence electrons. The van der Waals surface area contributed by atoms with Crippen LogP contribution in [-0.2, 0) is 6.42 Å². The first-order chi connectivity index (χ1) is 8.54. The summed E-state index contributed by atoms with van der Waals surface area (Å²) in [6.45, 7) is 9.38. The molecule has 0 fully saturated rings. The number of fused-ring (bicyclic) bond motifs is 1. The molecule has 2 unspecified atom stereocenters. The molecule has 1 aliphatic carbocycles. The van der Waals surface area contributed by atoms with E-state index in [4.69, 9.17) is 0 Å². The van der Waals surface area contributed by atoms with Gasteiger partial charge in [0.2, 0.25) is 0 Å². The first-order valence-electron chi connectivity index (χ1n) is 7.38. The van der Waals surface area contributed by atoms with Crippen molar-refractivity contribution in [2.75, 3.05) is 0 Å². The molecule has 0 radical (unpaired) electrons. The van der Waals surface area contributed by atoms with Crippen LogP contribution in [0.2, 0.25) is 0 Å². The molecule has 0 aromatic heterocycles. The number of aryl methyl sites for hydroxylation is 1. The van der Waals surface area contributed by atoms with Crippen LogP contribution < -0.4 is 5.32 Å². The minimum atomic E-state index is 0.357. The van der Waals surface area contributed by atoms with Gasteiger partial charge in [-0.05, 0) is 42.7 Å². The summed E-state index contributed by atoms with van der Waals surface area (Å²) in [5.74, 6) is 0. The Morgan fingerprint density at radius 2 is 2.06 bits per heavy atom. The molecule has 2 rings (SSSR count). The first-order valence-corrected chi connectivity index (χ1v) is 7.38. The number of hydrogen-bond donors (Lipinski definition) is 1. The highest BCUT2D eigenvalue weighted by atomic mass is 15.0. The van der Waals surface area contributed by atoms with Gasteiger partial charge in [-0.1, -0.05) is 51.5 Å². The molecule has 0 spiro atoms. The van der Waals surface area contributed by atoms with Gasteiger partial charge in [-0.25, -0.2) is 0 Å². The summed E-state index contributed by atoms with van der Waals surface area (Å²) in [4.78, 5) is 0. The van der Waals surface area contributed by atoms with E-state index in [0.29, 0.717) is 17.5 Å². The lowest BCUT2D eigenvalue weighted by molar-refractivity contribution is 0.193. The molecule has 0 bridgehead atoms. The second kappa shape index (κ2) is 5.44. The van der Waals surface area contributed by atoms with E-state index in [2.05, 4.69) is 57.3 Å². The zero-order valence-corrected chi connectivity index (χ0v) is 12.3. The quantitative estimate of drug-likeness (QED) is 0.824. The van der Waals surface area contributed by atoms with Gasteiger partial charge in [0.1, 0.15) is 0 Å². The van der Waals surface area contributed by atoms with Crippen molar-refractivity contribution in [3.63, 3.8) is 0 Å². The van der Waals surface area contributed by atoms with E-state index in [1.165, 1.54) is 36.8 Å². The van der Waals surface area contributed by atoms with Gasteiger partial charge in [0.25, 0.3) is 0 Å². The van der Waals surface area contributed by atoms with E-state index in [9.17, 15) is 0 Å². The largest absolute Gasteiger partial charge is 0.307 e. The summed E-state index contributed by atoms with van der Waals surface area (Å²) >= 11 is 0. The van der Waals surface area contributed by atoms with Crippen molar-refractivity contribution >= 4 is 0 Å². The van der Waals surface area contributed by atoms with Crippen LogP contribution in [0.4, 0.5) is 0 Å². The summed E-state index contributed by atoms with van der Waals surface area (Å²) in [6, 6.07) is 10.1. The van der Waals surface area contributed by atoms with Crippen LogP contribution in [0.25, 0.3) is 0 Å². The monoisotopic (exact) mass is 245 g/mol. The molecule has 0 saturated heterocycles. The van der Waals surface area contributed by atoms with Crippen molar-refractivity contribution in [3.8, 4) is 0 Å². The Hall–Kier alpha value is -0.820. The van der Waals surface area contributed by atoms with E-state index in [0.717, 1.165) is 0 Å². The minimum Gasteiger partial charge on any atom is -0.307 e. The Bertz CT molecular complexity index is 394. The Kier molecular flexibility index (Phi) is 4.11. The predicted octanol–water partition coefficient (Wildman–Crippen LogP) is 4.48. The van der Waals surface area contributed by atoms with Gasteiger partial charge in [0.15, 0.2) is 0 Å². The molecule has 1 aromatic rings. The highest BCUT2D eigenvalue weighted by Gasteiger charge is 2.35. The van der Waals surface area contributed by atoms with Gasteiger partial charge < -0.3 is 5.32 Å². The first kappa shape index (κ1) is 13.6. The van der Waals surface area contributed by atoms with Gasteiger partial charge in [0.05, 0.1) is 0 Å². The van der Waals surface area contributed by atoms with Gasteiger partial charge in [-0.15, -0.1) is 0 Å². The summed E-state index contributed by atoms with van der Waals surface area (Å²) in [5.41, 5.74) is 3.42. The smallest absolute Gasteiger partial charge is 0.0376 e. The van der Waals surface area contributed by atoms with Crippen LogP contribution in [0.1, 0.15) is 64.1 Å². The molecule has 0 heterocycles. The number of benzene rings is 1. The van der Waals surface area contributed by atoms with Crippen molar-refractivity contribution in [1.82, 2.24) is 5.32 Å². The molecule has 2 atom stereocenters. The fourth-order valence-corrected chi connectivity index (χ4v) is 3.18. The van der Waals surface area contributed by atoms with Crippen molar-refractivity contribution in [3.05, 3.63) is 35.4 Å². The zero-order chi connectivity index (χ0) is 13.2. The van der Waals surface area contributed by atoms with Crippen LogP contribution in [0.15, 0.2) is 24.3 Å². The van der Waals surface area contributed by atoms with E-state index < -0.39 is 0 Å². The van der Waals surface area contributed by atoms with Crippen LogP contribution in [0.3, 0.4) is 0 Å². The van der Waals surface area contributed by atoms with Crippen molar-refractivity contribution in [1.29, 1.82) is 0 Å². The molecular formula is C17H27N. The molecule has 0 saturated carbocycles. The van der Waals surface area contributed by atoms with Crippen molar-refractivity contribution in [2.24, 2.45) is 5.41 Å². The van der Waals surface area contributed by atoms with Crippen molar-refractivity contribution < 1.29 is 0 Å². The third-order valence-electron chi connectivity index (χ3n) is 4.36. The molecule has 1 aliphatic rings. The minimum absolute atomic E-state index is 0.357.